The van der Waals surface area contributed by atoms with Crippen molar-refractivity contribution >= 4 is 17.7 Å². The van der Waals surface area contributed by atoms with Crippen molar-refractivity contribution < 1.29 is 19.4 Å². The minimum absolute atomic E-state index is 0.0856. The van der Waals surface area contributed by atoms with E-state index in [1.165, 1.54) is 6.07 Å². The lowest BCUT2D eigenvalue weighted by molar-refractivity contribution is 0.0697. The number of nitrogens with two attached hydrogens (primary N) is 1. The van der Waals surface area contributed by atoms with E-state index in [0.29, 0.717) is 12.2 Å². The van der Waals surface area contributed by atoms with Crippen LogP contribution in [0, 0.1) is 6.92 Å². The van der Waals surface area contributed by atoms with Gasteiger partial charge in [-0.3, -0.25) is 0 Å². The molecular formula is C11H14N2O4. The molecule has 0 spiro atoms. The fourth-order valence-electron chi connectivity index (χ4n) is 1.33. The maximum Gasteiger partial charge on any atom is 0.404 e. The molecule has 0 radical (unpaired) electrons. The summed E-state index contributed by atoms with van der Waals surface area (Å²) < 4.78 is 4.52. The van der Waals surface area contributed by atoms with E-state index in [1.54, 1.807) is 12.1 Å². The molecule has 0 saturated carbocycles. The molecule has 0 atom stereocenters. The van der Waals surface area contributed by atoms with E-state index in [2.05, 4.69) is 10.1 Å². The molecule has 0 heterocycles. The summed E-state index contributed by atoms with van der Waals surface area (Å²) >= 11 is 0. The number of amides is 1. The van der Waals surface area contributed by atoms with Crippen molar-refractivity contribution in [2.75, 3.05) is 18.5 Å². The topological polar surface area (TPSA) is 102 Å². The van der Waals surface area contributed by atoms with Crippen LogP contribution in [-0.2, 0) is 4.74 Å². The molecular weight excluding hydrogens is 224 g/mol. The third-order valence-corrected chi connectivity index (χ3v) is 2.07. The minimum atomic E-state index is -1.01. The molecule has 1 aromatic carbocycles. The van der Waals surface area contributed by atoms with E-state index in [-0.39, 0.29) is 12.2 Å². The maximum atomic E-state index is 10.9. The number of carbonyl (C=O) groups excluding carboxylic acids is 1. The largest absolute Gasteiger partial charge is 0.478 e. The number of rotatable bonds is 5. The van der Waals surface area contributed by atoms with Crippen LogP contribution in [0.15, 0.2) is 18.2 Å². The lowest BCUT2D eigenvalue weighted by atomic mass is 10.1. The fourth-order valence-corrected chi connectivity index (χ4v) is 1.33. The van der Waals surface area contributed by atoms with E-state index in [4.69, 9.17) is 10.8 Å². The Morgan fingerprint density at radius 1 is 1.47 bits per heavy atom. The fraction of sp³-hybridized carbons (Fsp3) is 0.273. The van der Waals surface area contributed by atoms with Gasteiger partial charge in [0.05, 0.1) is 5.56 Å². The number of benzene rings is 1. The van der Waals surface area contributed by atoms with Crippen LogP contribution in [0.4, 0.5) is 10.5 Å². The van der Waals surface area contributed by atoms with Crippen LogP contribution in [0.25, 0.3) is 0 Å². The third-order valence-electron chi connectivity index (χ3n) is 2.07. The summed E-state index contributed by atoms with van der Waals surface area (Å²) in [5.41, 5.74) is 6.40. The van der Waals surface area contributed by atoms with E-state index in [9.17, 15) is 9.59 Å². The molecule has 0 fully saturated rings. The Morgan fingerprint density at radius 3 is 2.76 bits per heavy atom. The summed E-state index contributed by atoms with van der Waals surface area (Å²) in [6, 6.07) is 4.96. The number of carboxylic acids is 1. The monoisotopic (exact) mass is 238 g/mol. The highest BCUT2D eigenvalue weighted by Gasteiger charge is 2.09. The second-order valence-corrected chi connectivity index (χ2v) is 3.45. The van der Waals surface area contributed by atoms with Crippen molar-refractivity contribution in [2.45, 2.75) is 6.92 Å². The van der Waals surface area contributed by atoms with Gasteiger partial charge in [0.15, 0.2) is 0 Å². The Labute approximate surface area is 98.4 Å². The van der Waals surface area contributed by atoms with Gasteiger partial charge in [-0.15, -0.1) is 0 Å². The average molecular weight is 238 g/mol. The first kappa shape index (κ1) is 12.8. The number of aryl methyl sites for hydroxylation is 1. The number of carboxylic acid groups (broad SMARTS) is 1. The van der Waals surface area contributed by atoms with Gasteiger partial charge < -0.3 is 20.9 Å². The zero-order valence-electron chi connectivity index (χ0n) is 9.40. The normalized spacial score (nSPS) is 9.71. The van der Waals surface area contributed by atoms with Crippen LogP contribution < -0.4 is 11.1 Å². The molecule has 0 aliphatic carbocycles. The zero-order valence-corrected chi connectivity index (χ0v) is 9.40. The molecule has 17 heavy (non-hydrogen) atoms. The van der Waals surface area contributed by atoms with Gasteiger partial charge in [-0.05, 0) is 24.6 Å². The van der Waals surface area contributed by atoms with Crippen molar-refractivity contribution in [2.24, 2.45) is 5.73 Å². The SMILES string of the molecule is Cc1ccc(C(=O)O)c(NCCOC(N)=O)c1. The van der Waals surface area contributed by atoms with Gasteiger partial charge in [-0.25, -0.2) is 9.59 Å². The van der Waals surface area contributed by atoms with Crippen LogP contribution in [0.5, 0.6) is 0 Å². The number of hydrogen-bond acceptors (Lipinski definition) is 4. The van der Waals surface area contributed by atoms with Gasteiger partial charge in [-0.2, -0.15) is 0 Å². The average Bonchev–Trinajstić information content (AvgIpc) is 2.23. The molecule has 1 aromatic rings. The number of hydrogen-bond donors (Lipinski definition) is 3. The van der Waals surface area contributed by atoms with Crippen LogP contribution in [0.1, 0.15) is 15.9 Å². The second kappa shape index (κ2) is 5.74. The van der Waals surface area contributed by atoms with Gasteiger partial charge in [0.2, 0.25) is 0 Å². The summed E-state index contributed by atoms with van der Waals surface area (Å²) in [6.45, 7) is 2.24. The van der Waals surface area contributed by atoms with Gasteiger partial charge in [0, 0.05) is 12.2 Å². The second-order valence-electron chi connectivity index (χ2n) is 3.45. The lowest BCUT2D eigenvalue weighted by Gasteiger charge is -2.10. The van der Waals surface area contributed by atoms with E-state index in [1.807, 2.05) is 6.92 Å². The van der Waals surface area contributed by atoms with E-state index < -0.39 is 12.1 Å². The Morgan fingerprint density at radius 2 is 2.18 bits per heavy atom. The van der Waals surface area contributed by atoms with Crippen LogP contribution >= 0.6 is 0 Å². The van der Waals surface area contributed by atoms with E-state index in [0.717, 1.165) is 5.56 Å². The van der Waals surface area contributed by atoms with Gasteiger partial charge in [0.1, 0.15) is 6.61 Å². The highest BCUT2D eigenvalue weighted by molar-refractivity contribution is 5.94. The maximum absolute atomic E-state index is 10.9. The summed E-state index contributed by atoms with van der Waals surface area (Å²) in [7, 11) is 0. The highest BCUT2D eigenvalue weighted by atomic mass is 16.5. The zero-order chi connectivity index (χ0) is 12.8. The third kappa shape index (κ3) is 4.02. The Bertz CT molecular complexity index is 431. The van der Waals surface area contributed by atoms with Gasteiger partial charge in [-0.1, -0.05) is 6.07 Å². The number of primary amides is 1. The van der Waals surface area contributed by atoms with Crippen LogP contribution in [0.2, 0.25) is 0 Å². The number of nitrogens with one attached hydrogen (secondary N) is 1. The summed E-state index contributed by atoms with van der Waals surface area (Å²) in [4.78, 5) is 21.2. The van der Waals surface area contributed by atoms with Crippen molar-refractivity contribution in [3.63, 3.8) is 0 Å². The standard InChI is InChI=1S/C11H14N2O4/c1-7-2-3-8(10(14)15)9(6-7)13-4-5-17-11(12)16/h2-3,6,13H,4-5H2,1H3,(H2,12,16)(H,14,15). The van der Waals surface area contributed by atoms with Crippen molar-refractivity contribution in [3.05, 3.63) is 29.3 Å². The molecule has 0 saturated heterocycles. The first-order valence-electron chi connectivity index (χ1n) is 5.00. The molecule has 0 unspecified atom stereocenters. The van der Waals surface area contributed by atoms with Crippen molar-refractivity contribution in [1.82, 2.24) is 0 Å². The van der Waals surface area contributed by atoms with E-state index >= 15 is 0 Å². The Balaban J connectivity index is 2.65. The van der Waals surface area contributed by atoms with Gasteiger partial charge >= 0.3 is 12.1 Å². The molecule has 6 heteroatoms. The van der Waals surface area contributed by atoms with Crippen molar-refractivity contribution in [1.29, 1.82) is 0 Å². The Kier molecular flexibility index (Phi) is 4.33. The first-order chi connectivity index (χ1) is 8.00. The number of anilines is 1. The summed E-state index contributed by atoms with van der Waals surface area (Å²) in [5.74, 6) is -1.01. The lowest BCUT2D eigenvalue weighted by Crippen LogP contribution is -2.19. The predicted octanol–water partition coefficient (Wildman–Crippen LogP) is 1.20. The van der Waals surface area contributed by atoms with Crippen molar-refractivity contribution in [3.8, 4) is 0 Å². The molecule has 0 aromatic heterocycles. The molecule has 6 nitrogen and oxygen atoms in total. The minimum Gasteiger partial charge on any atom is -0.478 e. The van der Waals surface area contributed by atoms with Crippen LogP contribution in [-0.4, -0.2) is 30.3 Å². The number of aromatic carboxylic acids is 1. The van der Waals surface area contributed by atoms with Crippen LogP contribution in [0.3, 0.4) is 0 Å². The first-order valence-corrected chi connectivity index (χ1v) is 5.00. The molecule has 1 rings (SSSR count). The molecule has 1 amide bonds. The summed E-state index contributed by atoms with van der Waals surface area (Å²) in [6.07, 6.45) is -0.852. The summed E-state index contributed by atoms with van der Waals surface area (Å²) in [5, 5.41) is 11.8. The molecule has 0 aliphatic heterocycles. The molecule has 0 bridgehead atoms. The smallest absolute Gasteiger partial charge is 0.404 e. The highest BCUT2D eigenvalue weighted by Crippen LogP contribution is 2.17. The quantitative estimate of drug-likeness (QED) is 0.669. The van der Waals surface area contributed by atoms with Gasteiger partial charge in [0.25, 0.3) is 0 Å². The molecule has 92 valence electrons. The number of ether oxygens (including phenoxy) is 1. The predicted molar refractivity (Wildman–Crippen MR) is 62.2 cm³/mol. The Hall–Kier alpha value is -2.24. The number of carbonyl (C=O) groups is 2. The molecule has 4 N–H and O–H groups in total. The molecule has 0 aliphatic rings.